The molecule has 6 aliphatic rings. The zero-order valence-corrected chi connectivity index (χ0v) is 25.3. The number of hydrogen-bond acceptors (Lipinski definition) is 14. The second-order valence-corrected chi connectivity index (χ2v) is 12.2. The minimum absolute atomic E-state index is 0.0201. The van der Waals surface area contributed by atoms with Gasteiger partial charge in [-0.3, -0.25) is 20.2 Å². The summed E-state index contributed by atoms with van der Waals surface area (Å²) in [5.41, 5.74) is 1.48. The molecule has 2 aromatic carbocycles. The maximum absolute atomic E-state index is 11.9. The maximum atomic E-state index is 11.9. The van der Waals surface area contributed by atoms with Gasteiger partial charge in [-0.15, -0.1) is 0 Å². The number of ether oxygens (including phenoxy) is 6. The van der Waals surface area contributed by atoms with Gasteiger partial charge in [-0.2, -0.15) is 0 Å². The Balaban J connectivity index is 0.000000152. The van der Waals surface area contributed by atoms with Gasteiger partial charge in [-0.05, 0) is 48.2 Å². The maximum Gasteiger partial charge on any atom is 0.337 e. The highest BCUT2D eigenvalue weighted by molar-refractivity contribution is 5.91. The van der Waals surface area contributed by atoms with Crippen LogP contribution >= 0.6 is 0 Å². The van der Waals surface area contributed by atoms with Gasteiger partial charge in [0.15, 0.2) is 23.0 Å². The Kier molecular flexibility index (Phi) is 7.93. The second-order valence-electron chi connectivity index (χ2n) is 12.2. The SMILES string of the molecule is O=C1OCC[C@@H]2C1=C(O)C[C@@H](c1ccc3c(c1)OCO3)[C@H]2[N+](=O)[O-].O=C1OCC[C@@H]2C1=C(O)C[C@@H](c1ccc3c(c1)OCO3)[C@H]2[N+](=O)[O-]. The molecule has 4 heterocycles. The number of rotatable bonds is 4. The lowest BCUT2D eigenvalue weighted by atomic mass is 9.71. The van der Waals surface area contributed by atoms with E-state index in [1.807, 2.05) is 0 Å². The minimum atomic E-state index is -0.996. The van der Waals surface area contributed by atoms with Gasteiger partial charge in [0.25, 0.3) is 0 Å². The molecule has 0 aromatic heterocycles. The normalized spacial score (nSPS) is 28.3. The van der Waals surface area contributed by atoms with Gasteiger partial charge in [0.05, 0.1) is 48.0 Å². The highest BCUT2D eigenvalue weighted by atomic mass is 16.7. The first-order valence-corrected chi connectivity index (χ1v) is 15.4. The third-order valence-corrected chi connectivity index (χ3v) is 9.74. The molecule has 0 unspecified atom stereocenters. The van der Waals surface area contributed by atoms with Crippen molar-refractivity contribution in [3.8, 4) is 23.0 Å². The van der Waals surface area contributed by atoms with Crippen molar-refractivity contribution in [1.82, 2.24) is 0 Å². The number of hydrogen-bond donors (Lipinski definition) is 2. The molecule has 16 heteroatoms. The van der Waals surface area contributed by atoms with Crippen molar-refractivity contribution in [2.45, 2.75) is 49.6 Å². The number of nitrogens with zero attached hydrogens (tertiary/aromatic N) is 2. The van der Waals surface area contributed by atoms with Crippen molar-refractivity contribution in [1.29, 1.82) is 0 Å². The molecule has 0 bridgehead atoms. The van der Waals surface area contributed by atoms with Gasteiger partial charge in [-0.1, -0.05) is 12.1 Å². The Morgan fingerprint density at radius 1 is 0.583 bits per heavy atom. The molecule has 0 spiro atoms. The summed E-state index contributed by atoms with van der Waals surface area (Å²) in [4.78, 5) is 46.6. The van der Waals surface area contributed by atoms with E-state index in [2.05, 4.69) is 0 Å². The van der Waals surface area contributed by atoms with Crippen LogP contribution in [0.5, 0.6) is 23.0 Å². The first kappa shape index (κ1) is 31.1. The molecule has 48 heavy (non-hydrogen) atoms. The van der Waals surface area contributed by atoms with Crippen LogP contribution in [0.25, 0.3) is 0 Å². The van der Waals surface area contributed by atoms with Gasteiger partial charge in [0.1, 0.15) is 11.5 Å². The smallest absolute Gasteiger partial charge is 0.337 e. The van der Waals surface area contributed by atoms with Gasteiger partial charge in [0.2, 0.25) is 25.7 Å². The van der Waals surface area contributed by atoms with E-state index in [-0.39, 0.29) is 72.2 Å². The van der Waals surface area contributed by atoms with Crippen LogP contribution in [0.15, 0.2) is 59.1 Å². The third kappa shape index (κ3) is 5.36. The van der Waals surface area contributed by atoms with Crippen LogP contribution in [0.2, 0.25) is 0 Å². The average molecular weight is 667 g/mol. The number of aliphatic hydroxyl groups excluding tert-OH is 2. The first-order chi connectivity index (χ1) is 23.1. The van der Waals surface area contributed by atoms with E-state index in [9.17, 15) is 40.0 Å². The van der Waals surface area contributed by atoms with Crippen molar-refractivity contribution in [2.24, 2.45) is 11.8 Å². The van der Waals surface area contributed by atoms with Crippen molar-refractivity contribution >= 4 is 11.9 Å². The zero-order valence-electron chi connectivity index (χ0n) is 25.3. The highest BCUT2D eigenvalue weighted by Crippen LogP contribution is 2.47. The number of cyclic esters (lactones) is 2. The average Bonchev–Trinajstić information content (AvgIpc) is 3.73. The fraction of sp³-hybridized carbons (Fsp3) is 0.438. The molecule has 252 valence electrons. The van der Waals surface area contributed by atoms with Gasteiger partial charge < -0.3 is 38.6 Å². The molecule has 2 aromatic rings. The number of aliphatic hydroxyl groups is 2. The molecule has 2 aliphatic carbocycles. The largest absolute Gasteiger partial charge is 0.512 e. The number of esters is 2. The van der Waals surface area contributed by atoms with Crippen LogP contribution in [0.3, 0.4) is 0 Å². The van der Waals surface area contributed by atoms with Crippen molar-refractivity contribution in [3.63, 3.8) is 0 Å². The molecule has 2 saturated heterocycles. The van der Waals surface area contributed by atoms with E-state index in [4.69, 9.17) is 28.4 Å². The van der Waals surface area contributed by atoms with E-state index in [1.165, 1.54) is 0 Å². The summed E-state index contributed by atoms with van der Waals surface area (Å²) in [6, 6.07) is 8.34. The van der Waals surface area contributed by atoms with E-state index in [0.717, 1.165) is 0 Å². The molecule has 8 rings (SSSR count). The number of allylic oxidation sites excluding steroid dienone is 2. The summed E-state index contributed by atoms with van der Waals surface area (Å²) < 4.78 is 31.1. The molecule has 0 saturated carbocycles. The molecule has 2 N–H and O–H groups in total. The van der Waals surface area contributed by atoms with E-state index < -0.39 is 47.7 Å². The lowest BCUT2D eigenvalue weighted by Crippen LogP contribution is -2.44. The second kappa shape index (κ2) is 12.2. The predicted octanol–water partition coefficient (Wildman–Crippen LogP) is 3.85. The molecular formula is C32H30N2O14. The summed E-state index contributed by atoms with van der Waals surface area (Å²) in [7, 11) is 0. The Hall–Kier alpha value is -5.54. The van der Waals surface area contributed by atoms with E-state index >= 15 is 0 Å². The summed E-state index contributed by atoms with van der Waals surface area (Å²) in [6.07, 6.45) is 0.702. The van der Waals surface area contributed by atoms with Crippen molar-refractivity contribution < 1.29 is 58.1 Å². The number of carbonyl (C=O) groups excluding carboxylic acids is 2. The summed E-state index contributed by atoms with van der Waals surface area (Å²) >= 11 is 0. The molecule has 6 atom stereocenters. The van der Waals surface area contributed by atoms with Crippen LogP contribution in [0.4, 0.5) is 0 Å². The molecular weight excluding hydrogens is 636 g/mol. The molecule has 0 radical (unpaired) electrons. The van der Waals surface area contributed by atoms with Crippen LogP contribution in [-0.4, -0.2) is 70.9 Å². The number of fused-ring (bicyclic) bond motifs is 4. The zero-order chi connectivity index (χ0) is 33.7. The van der Waals surface area contributed by atoms with E-state index in [0.29, 0.717) is 47.0 Å². The topological polar surface area (TPSA) is 216 Å². The van der Waals surface area contributed by atoms with Gasteiger partial charge in [0, 0.05) is 22.7 Å². The number of nitro groups is 2. The monoisotopic (exact) mass is 666 g/mol. The van der Waals surface area contributed by atoms with Gasteiger partial charge >= 0.3 is 11.9 Å². The fourth-order valence-electron chi connectivity index (χ4n) is 7.59. The Bertz CT molecular complexity index is 1640. The fourth-order valence-corrected chi connectivity index (χ4v) is 7.59. The van der Waals surface area contributed by atoms with Crippen LogP contribution < -0.4 is 18.9 Å². The lowest BCUT2D eigenvalue weighted by Gasteiger charge is -2.35. The first-order valence-electron chi connectivity index (χ1n) is 15.4. The number of benzene rings is 2. The number of carbonyl (C=O) groups is 2. The summed E-state index contributed by atoms with van der Waals surface area (Å²) in [5.74, 6) is -1.68. The van der Waals surface area contributed by atoms with E-state index in [1.54, 1.807) is 36.4 Å². The van der Waals surface area contributed by atoms with Crippen molar-refractivity contribution in [3.05, 3.63) is 90.4 Å². The summed E-state index contributed by atoms with van der Waals surface area (Å²) in [5, 5.41) is 44.1. The molecule has 0 amide bonds. The van der Waals surface area contributed by atoms with Crippen molar-refractivity contribution in [2.75, 3.05) is 26.8 Å². The highest BCUT2D eigenvalue weighted by Gasteiger charge is 2.52. The lowest BCUT2D eigenvalue weighted by molar-refractivity contribution is -0.536. The van der Waals surface area contributed by atoms with Gasteiger partial charge in [-0.25, -0.2) is 9.59 Å². The quantitative estimate of drug-likeness (QED) is 0.269. The van der Waals surface area contributed by atoms with Crippen LogP contribution in [0, 0.1) is 32.1 Å². The molecule has 4 aliphatic heterocycles. The predicted molar refractivity (Wildman–Crippen MR) is 159 cm³/mol. The van der Waals surface area contributed by atoms with Crippen LogP contribution in [0.1, 0.15) is 48.6 Å². The minimum Gasteiger partial charge on any atom is -0.512 e. The summed E-state index contributed by atoms with van der Waals surface area (Å²) in [6.45, 7) is 0.481. The third-order valence-electron chi connectivity index (χ3n) is 9.74. The van der Waals surface area contributed by atoms with Crippen LogP contribution in [-0.2, 0) is 19.1 Å². The Morgan fingerprint density at radius 2 is 0.979 bits per heavy atom. The Morgan fingerprint density at radius 3 is 1.38 bits per heavy atom. The molecule has 16 nitrogen and oxygen atoms in total. The molecule has 2 fully saturated rings. The standard InChI is InChI=1S/2C16H15NO7/c2*18-11-6-10(8-1-2-12-13(5-8)24-7-23-12)15(17(20)21)9-3-4-22-16(19)14(9)11/h2*1-2,5,9-10,15,18H,3-4,6-7H2/t2*9-,10+,15+/m11/s1. The Labute approximate surface area is 271 Å².